The molecule has 1 aromatic carbocycles. The number of imidazole rings is 1. The number of aromatic nitrogens is 4. The Bertz CT molecular complexity index is 1000. The van der Waals surface area contributed by atoms with Crippen LogP contribution in [0.5, 0.6) is 0 Å². The second-order valence-electron chi connectivity index (χ2n) is 7.08. The molecule has 4 heterocycles. The highest BCUT2D eigenvalue weighted by atomic mass is 16.5. The Labute approximate surface area is 156 Å². The number of nitrogens with zero attached hydrogens (tertiary/aromatic N) is 6. The van der Waals surface area contributed by atoms with Crippen molar-refractivity contribution in [3.8, 4) is 17.2 Å². The summed E-state index contributed by atoms with van der Waals surface area (Å²) in [7, 11) is 1.79. The molecule has 27 heavy (non-hydrogen) atoms. The van der Waals surface area contributed by atoms with Crippen LogP contribution in [0.3, 0.4) is 0 Å². The van der Waals surface area contributed by atoms with E-state index in [0.717, 1.165) is 24.5 Å². The molecule has 0 bridgehead atoms. The summed E-state index contributed by atoms with van der Waals surface area (Å²) in [5.74, 6) is 1.06. The van der Waals surface area contributed by atoms with Gasteiger partial charge in [-0.25, -0.2) is 4.98 Å². The zero-order chi connectivity index (χ0) is 18.4. The maximum absolute atomic E-state index is 12.7. The fourth-order valence-corrected chi connectivity index (χ4v) is 3.83. The Morgan fingerprint density at radius 3 is 2.85 bits per heavy atom. The summed E-state index contributed by atoms with van der Waals surface area (Å²) in [6.07, 6.45) is 4.16. The van der Waals surface area contributed by atoms with E-state index in [4.69, 9.17) is 4.52 Å². The number of likely N-dealkylation sites (tertiary alicyclic amines) is 1. The van der Waals surface area contributed by atoms with Gasteiger partial charge >= 0.3 is 0 Å². The SMILES string of the molecule is CN1Cc2c(-c3noc(CN4CCCC4)n3)ncn2-c2ccccc2C1=O. The average Bonchev–Trinajstić information content (AvgIpc) is 3.41. The fourth-order valence-electron chi connectivity index (χ4n) is 3.83. The minimum atomic E-state index is -0.0110. The van der Waals surface area contributed by atoms with Crippen molar-refractivity contribution in [2.45, 2.75) is 25.9 Å². The molecule has 0 atom stereocenters. The number of amides is 1. The van der Waals surface area contributed by atoms with Crippen LogP contribution in [-0.4, -0.2) is 55.5 Å². The number of benzene rings is 1. The van der Waals surface area contributed by atoms with E-state index in [1.807, 2.05) is 28.8 Å². The van der Waals surface area contributed by atoms with Crippen molar-refractivity contribution >= 4 is 5.91 Å². The zero-order valence-electron chi connectivity index (χ0n) is 15.1. The van der Waals surface area contributed by atoms with Crippen LogP contribution in [0, 0.1) is 0 Å². The Morgan fingerprint density at radius 2 is 2.00 bits per heavy atom. The topological polar surface area (TPSA) is 80.3 Å². The molecule has 2 aliphatic rings. The predicted molar refractivity (Wildman–Crippen MR) is 97.2 cm³/mol. The van der Waals surface area contributed by atoms with E-state index < -0.39 is 0 Å². The van der Waals surface area contributed by atoms with Gasteiger partial charge in [-0.05, 0) is 38.1 Å². The summed E-state index contributed by atoms with van der Waals surface area (Å²) in [5, 5.41) is 4.15. The third-order valence-corrected chi connectivity index (χ3v) is 5.23. The van der Waals surface area contributed by atoms with Crippen LogP contribution in [0.4, 0.5) is 0 Å². The lowest BCUT2D eigenvalue weighted by Gasteiger charge is -2.14. The second kappa shape index (κ2) is 6.31. The van der Waals surface area contributed by atoms with Crippen molar-refractivity contribution in [1.82, 2.24) is 29.5 Å². The van der Waals surface area contributed by atoms with Gasteiger partial charge in [0.25, 0.3) is 5.91 Å². The van der Waals surface area contributed by atoms with Crippen LogP contribution in [0.2, 0.25) is 0 Å². The molecule has 3 aromatic rings. The molecule has 8 nitrogen and oxygen atoms in total. The van der Waals surface area contributed by atoms with Gasteiger partial charge in [0.1, 0.15) is 12.0 Å². The molecule has 1 amide bonds. The van der Waals surface area contributed by atoms with Crippen LogP contribution < -0.4 is 0 Å². The molecule has 0 aliphatic carbocycles. The van der Waals surface area contributed by atoms with E-state index in [1.54, 1.807) is 18.3 Å². The van der Waals surface area contributed by atoms with Gasteiger partial charge in [0, 0.05) is 7.05 Å². The molecular formula is C19H20N6O2. The van der Waals surface area contributed by atoms with Gasteiger partial charge in [-0.3, -0.25) is 14.3 Å². The maximum Gasteiger partial charge on any atom is 0.256 e. The average molecular weight is 364 g/mol. The van der Waals surface area contributed by atoms with Crippen molar-refractivity contribution in [3.63, 3.8) is 0 Å². The molecule has 0 spiro atoms. The van der Waals surface area contributed by atoms with Crippen LogP contribution in [0.15, 0.2) is 35.1 Å². The van der Waals surface area contributed by atoms with Crippen molar-refractivity contribution in [2.75, 3.05) is 20.1 Å². The Morgan fingerprint density at radius 1 is 1.19 bits per heavy atom. The van der Waals surface area contributed by atoms with Crippen LogP contribution in [0.1, 0.15) is 34.8 Å². The molecule has 0 N–H and O–H groups in total. The van der Waals surface area contributed by atoms with E-state index in [0.29, 0.717) is 36.1 Å². The number of rotatable bonds is 3. The minimum Gasteiger partial charge on any atom is -0.337 e. The highest BCUT2D eigenvalue weighted by Crippen LogP contribution is 2.29. The molecule has 0 saturated carbocycles. The molecule has 138 valence electrons. The van der Waals surface area contributed by atoms with Gasteiger partial charge in [0.15, 0.2) is 0 Å². The van der Waals surface area contributed by atoms with Gasteiger partial charge < -0.3 is 9.42 Å². The van der Waals surface area contributed by atoms with Gasteiger partial charge in [0.05, 0.1) is 30.0 Å². The smallest absolute Gasteiger partial charge is 0.256 e. The third kappa shape index (κ3) is 2.73. The molecule has 8 heteroatoms. The summed E-state index contributed by atoms with van der Waals surface area (Å²) >= 11 is 0. The summed E-state index contributed by atoms with van der Waals surface area (Å²) in [6, 6.07) is 7.56. The molecule has 1 saturated heterocycles. The number of fused-ring (bicyclic) bond motifs is 3. The largest absolute Gasteiger partial charge is 0.337 e. The lowest BCUT2D eigenvalue weighted by atomic mass is 10.1. The zero-order valence-corrected chi connectivity index (χ0v) is 15.1. The number of hydrogen-bond donors (Lipinski definition) is 0. The molecule has 5 rings (SSSR count). The van der Waals surface area contributed by atoms with Gasteiger partial charge in [-0.1, -0.05) is 17.3 Å². The Balaban J connectivity index is 1.53. The summed E-state index contributed by atoms with van der Waals surface area (Å²) in [6.45, 7) is 3.24. The Kier molecular flexibility index (Phi) is 3.78. The highest BCUT2D eigenvalue weighted by Gasteiger charge is 2.28. The monoisotopic (exact) mass is 364 g/mol. The van der Waals surface area contributed by atoms with E-state index in [2.05, 4.69) is 20.0 Å². The van der Waals surface area contributed by atoms with Crippen LogP contribution >= 0.6 is 0 Å². The summed E-state index contributed by atoms with van der Waals surface area (Å²) < 4.78 is 7.40. The van der Waals surface area contributed by atoms with E-state index in [9.17, 15) is 4.79 Å². The van der Waals surface area contributed by atoms with E-state index >= 15 is 0 Å². The van der Waals surface area contributed by atoms with Crippen LogP contribution in [-0.2, 0) is 13.1 Å². The normalized spacial score (nSPS) is 17.1. The van der Waals surface area contributed by atoms with Gasteiger partial charge in [0.2, 0.25) is 11.7 Å². The predicted octanol–water partition coefficient (Wildman–Crippen LogP) is 2.10. The molecule has 0 radical (unpaired) electrons. The molecule has 2 aromatic heterocycles. The maximum atomic E-state index is 12.7. The first-order valence-corrected chi connectivity index (χ1v) is 9.17. The lowest BCUT2D eigenvalue weighted by Crippen LogP contribution is -2.25. The van der Waals surface area contributed by atoms with Crippen molar-refractivity contribution in [2.24, 2.45) is 0 Å². The van der Waals surface area contributed by atoms with E-state index in [-0.39, 0.29) is 5.91 Å². The van der Waals surface area contributed by atoms with Crippen molar-refractivity contribution in [3.05, 3.63) is 47.7 Å². The summed E-state index contributed by atoms with van der Waals surface area (Å²) in [5.41, 5.74) is 3.01. The first-order valence-electron chi connectivity index (χ1n) is 9.17. The summed E-state index contributed by atoms with van der Waals surface area (Å²) in [4.78, 5) is 25.8. The molecular weight excluding hydrogens is 344 g/mol. The van der Waals surface area contributed by atoms with Crippen molar-refractivity contribution in [1.29, 1.82) is 0 Å². The first-order chi connectivity index (χ1) is 13.2. The third-order valence-electron chi connectivity index (χ3n) is 5.23. The number of carbonyl (C=O) groups is 1. The quantitative estimate of drug-likeness (QED) is 0.708. The first kappa shape index (κ1) is 16.2. The molecule has 2 aliphatic heterocycles. The van der Waals surface area contributed by atoms with Gasteiger partial charge in [-0.2, -0.15) is 4.98 Å². The Hall–Kier alpha value is -3.00. The number of carbonyl (C=O) groups excluding carboxylic acids is 1. The van der Waals surface area contributed by atoms with Crippen molar-refractivity contribution < 1.29 is 9.32 Å². The minimum absolute atomic E-state index is 0.0110. The number of para-hydroxylation sites is 1. The second-order valence-corrected chi connectivity index (χ2v) is 7.08. The van der Waals surface area contributed by atoms with Gasteiger partial charge in [-0.15, -0.1) is 0 Å². The lowest BCUT2D eigenvalue weighted by molar-refractivity contribution is 0.0788. The van der Waals surface area contributed by atoms with Crippen LogP contribution in [0.25, 0.3) is 17.2 Å². The number of hydrogen-bond acceptors (Lipinski definition) is 6. The molecule has 1 fully saturated rings. The standard InChI is InChI=1S/C19H20N6O2/c1-23-10-15-17(18-21-16(27-22-18)11-24-8-4-5-9-24)20-12-25(15)14-7-3-2-6-13(14)19(23)26/h2-3,6-7,12H,4-5,8-11H2,1H3. The molecule has 0 unspecified atom stereocenters. The highest BCUT2D eigenvalue weighted by molar-refractivity contribution is 5.98. The fraction of sp³-hybridized carbons (Fsp3) is 0.368. The van der Waals surface area contributed by atoms with E-state index in [1.165, 1.54) is 12.8 Å².